The van der Waals surface area contributed by atoms with Gasteiger partial charge in [0.05, 0.1) is 32.6 Å². The molecule has 3 N–H and O–H groups in total. The molecule has 0 fully saturated rings. The molecule has 0 radical (unpaired) electrons. The van der Waals surface area contributed by atoms with Crippen molar-refractivity contribution in [2.75, 3.05) is 26.6 Å². The molecule has 0 heterocycles. The molecule has 2 aromatic rings. The molecule has 0 saturated heterocycles. The van der Waals surface area contributed by atoms with Gasteiger partial charge >= 0.3 is 5.97 Å². The summed E-state index contributed by atoms with van der Waals surface area (Å²) in [7, 11) is 4.43. The number of carbonyl (C=O) groups is 2. The molecule has 1 amide bonds. The minimum absolute atomic E-state index is 0.176. The van der Waals surface area contributed by atoms with Crippen LogP contribution in [0.5, 0.6) is 23.0 Å². The highest BCUT2D eigenvalue weighted by atomic mass is 16.5. The van der Waals surface area contributed by atoms with Crippen LogP contribution in [0.25, 0.3) is 6.08 Å². The third-order valence-corrected chi connectivity index (χ3v) is 3.64. The summed E-state index contributed by atoms with van der Waals surface area (Å²) in [6, 6.07) is 7.23. The van der Waals surface area contributed by atoms with E-state index in [4.69, 9.17) is 19.3 Å². The average Bonchev–Trinajstić information content (AvgIpc) is 2.66. The minimum atomic E-state index is -1.27. The van der Waals surface area contributed by atoms with Crippen molar-refractivity contribution in [2.24, 2.45) is 0 Å². The number of rotatable bonds is 7. The van der Waals surface area contributed by atoms with Crippen LogP contribution in [0.2, 0.25) is 0 Å². The van der Waals surface area contributed by atoms with Gasteiger partial charge in [-0.1, -0.05) is 6.07 Å². The molecule has 142 valence electrons. The van der Waals surface area contributed by atoms with Crippen molar-refractivity contribution in [3.63, 3.8) is 0 Å². The molecule has 0 aliphatic carbocycles. The maximum atomic E-state index is 12.2. The summed E-state index contributed by atoms with van der Waals surface area (Å²) < 4.78 is 15.7. The number of amides is 1. The maximum Gasteiger partial charge on any atom is 0.337 e. The SMILES string of the molecule is COc1cc(C=CC(=O)Nc2c(O)cccc2C(=O)O)cc(OC)c1OC. The van der Waals surface area contributed by atoms with Gasteiger partial charge in [0.1, 0.15) is 5.75 Å². The number of phenolic OH excluding ortho intramolecular Hbond substituents is 1. The van der Waals surface area contributed by atoms with Crippen LogP contribution in [0.15, 0.2) is 36.4 Å². The van der Waals surface area contributed by atoms with Crippen LogP contribution in [0.4, 0.5) is 5.69 Å². The van der Waals surface area contributed by atoms with Crippen molar-refractivity contribution in [1.29, 1.82) is 0 Å². The number of ether oxygens (including phenoxy) is 3. The van der Waals surface area contributed by atoms with Gasteiger partial charge in [0.25, 0.3) is 0 Å². The Morgan fingerprint density at radius 1 is 1.04 bits per heavy atom. The van der Waals surface area contributed by atoms with Crippen LogP contribution in [-0.4, -0.2) is 43.4 Å². The lowest BCUT2D eigenvalue weighted by molar-refractivity contribution is -0.111. The van der Waals surface area contributed by atoms with Gasteiger partial charge in [-0.15, -0.1) is 0 Å². The number of phenols is 1. The van der Waals surface area contributed by atoms with E-state index in [9.17, 15) is 14.7 Å². The van der Waals surface area contributed by atoms with Gasteiger partial charge in [0.2, 0.25) is 11.7 Å². The number of carbonyl (C=O) groups excluding carboxylic acids is 1. The number of hydrogen-bond donors (Lipinski definition) is 3. The van der Waals surface area contributed by atoms with Crippen molar-refractivity contribution in [1.82, 2.24) is 0 Å². The highest BCUT2D eigenvalue weighted by molar-refractivity contribution is 6.07. The second-order valence-corrected chi connectivity index (χ2v) is 5.29. The zero-order chi connectivity index (χ0) is 20.0. The van der Waals surface area contributed by atoms with Crippen molar-refractivity contribution >= 4 is 23.6 Å². The van der Waals surface area contributed by atoms with E-state index in [1.807, 2.05) is 0 Å². The molecule has 8 nitrogen and oxygen atoms in total. The first-order chi connectivity index (χ1) is 12.9. The third kappa shape index (κ3) is 4.49. The summed E-state index contributed by atoms with van der Waals surface area (Å²) in [4.78, 5) is 23.4. The number of benzene rings is 2. The molecule has 0 aliphatic rings. The van der Waals surface area contributed by atoms with Crippen LogP contribution < -0.4 is 19.5 Å². The molecule has 0 saturated carbocycles. The smallest absolute Gasteiger partial charge is 0.337 e. The van der Waals surface area contributed by atoms with Gasteiger partial charge in [0.15, 0.2) is 11.5 Å². The fourth-order valence-electron chi connectivity index (χ4n) is 2.38. The Kier molecular flexibility index (Phi) is 6.27. The monoisotopic (exact) mass is 373 g/mol. The number of aromatic carboxylic acids is 1. The summed E-state index contributed by atoms with van der Waals surface area (Å²) in [5.41, 5.74) is 0.199. The zero-order valence-electron chi connectivity index (χ0n) is 15.0. The van der Waals surface area contributed by atoms with Crippen LogP contribution >= 0.6 is 0 Å². The van der Waals surface area contributed by atoms with E-state index in [0.29, 0.717) is 22.8 Å². The van der Waals surface area contributed by atoms with Gasteiger partial charge in [-0.3, -0.25) is 4.79 Å². The first kappa shape index (κ1) is 19.6. The van der Waals surface area contributed by atoms with Gasteiger partial charge < -0.3 is 29.7 Å². The second-order valence-electron chi connectivity index (χ2n) is 5.29. The largest absolute Gasteiger partial charge is 0.506 e. The Morgan fingerprint density at radius 3 is 2.19 bits per heavy atom. The minimum Gasteiger partial charge on any atom is -0.506 e. The van der Waals surface area contributed by atoms with E-state index >= 15 is 0 Å². The van der Waals surface area contributed by atoms with E-state index in [-0.39, 0.29) is 17.0 Å². The van der Waals surface area contributed by atoms with Gasteiger partial charge in [-0.25, -0.2) is 4.79 Å². The molecule has 8 heteroatoms. The van der Waals surface area contributed by atoms with Crippen molar-refractivity contribution in [3.05, 3.63) is 47.5 Å². The van der Waals surface area contributed by atoms with Crippen molar-refractivity contribution in [3.8, 4) is 23.0 Å². The molecule has 0 atom stereocenters. The Labute approximate surface area is 155 Å². The van der Waals surface area contributed by atoms with Crippen LogP contribution in [0.1, 0.15) is 15.9 Å². The number of para-hydroxylation sites is 1. The summed E-state index contributed by atoms with van der Waals surface area (Å²) in [6.45, 7) is 0. The van der Waals surface area contributed by atoms with Gasteiger partial charge in [-0.2, -0.15) is 0 Å². The standard InChI is InChI=1S/C19H19NO7/c1-25-14-9-11(10-15(26-2)18(14)27-3)7-8-16(22)20-17-12(19(23)24)5-4-6-13(17)21/h4-10,21H,1-3H3,(H,20,22)(H,23,24). The number of anilines is 1. The third-order valence-electron chi connectivity index (χ3n) is 3.64. The molecule has 27 heavy (non-hydrogen) atoms. The lowest BCUT2D eigenvalue weighted by atomic mass is 10.1. The van der Waals surface area contributed by atoms with Gasteiger partial charge in [-0.05, 0) is 35.9 Å². The first-order valence-corrected chi connectivity index (χ1v) is 7.75. The summed E-state index contributed by atoms with van der Waals surface area (Å²) in [5.74, 6) is -0.967. The molecule has 2 aromatic carbocycles. The van der Waals surface area contributed by atoms with Crippen LogP contribution in [-0.2, 0) is 4.79 Å². The molecule has 0 spiro atoms. The van der Waals surface area contributed by atoms with E-state index < -0.39 is 11.9 Å². The number of nitrogens with one attached hydrogen (secondary N) is 1. The normalized spacial score (nSPS) is 10.5. The Hall–Kier alpha value is -3.68. The van der Waals surface area contributed by atoms with E-state index in [1.165, 1.54) is 51.7 Å². The molecule has 0 unspecified atom stereocenters. The van der Waals surface area contributed by atoms with E-state index in [1.54, 1.807) is 12.1 Å². The number of aromatic hydroxyl groups is 1. The van der Waals surface area contributed by atoms with E-state index in [0.717, 1.165) is 0 Å². The number of methoxy groups -OCH3 is 3. The zero-order valence-corrected chi connectivity index (χ0v) is 15.0. The molecule has 0 bridgehead atoms. The quantitative estimate of drug-likeness (QED) is 0.505. The second kappa shape index (κ2) is 8.61. The van der Waals surface area contributed by atoms with Crippen molar-refractivity contribution in [2.45, 2.75) is 0 Å². The molecule has 2 rings (SSSR count). The fraction of sp³-hybridized carbons (Fsp3) is 0.158. The summed E-state index contributed by atoms with van der Waals surface area (Å²) in [5, 5.41) is 21.3. The molecular formula is C19H19NO7. The number of carboxylic acid groups (broad SMARTS) is 1. The Balaban J connectivity index is 2.27. The first-order valence-electron chi connectivity index (χ1n) is 7.75. The summed E-state index contributed by atoms with van der Waals surface area (Å²) >= 11 is 0. The molecule has 0 aromatic heterocycles. The van der Waals surface area contributed by atoms with E-state index in [2.05, 4.69) is 5.32 Å². The highest BCUT2D eigenvalue weighted by Crippen LogP contribution is 2.38. The lowest BCUT2D eigenvalue weighted by Gasteiger charge is -2.13. The lowest BCUT2D eigenvalue weighted by Crippen LogP contribution is -2.12. The summed E-state index contributed by atoms with van der Waals surface area (Å²) in [6.07, 6.45) is 2.68. The Morgan fingerprint density at radius 2 is 1.67 bits per heavy atom. The van der Waals surface area contributed by atoms with Gasteiger partial charge in [0, 0.05) is 6.08 Å². The predicted octanol–water partition coefficient (Wildman–Crippen LogP) is 2.77. The topological polar surface area (TPSA) is 114 Å². The number of carboxylic acids is 1. The molecular weight excluding hydrogens is 354 g/mol. The average molecular weight is 373 g/mol. The van der Waals surface area contributed by atoms with Crippen LogP contribution in [0.3, 0.4) is 0 Å². The number of hydrogen-bond acceptors (Lipinski definition) is 6. The molecule has 0 aliphatic heterocycles. The van der Waals surface area contributed by atoms with Crippen LogP contribution in [0, 0.1) is 0 Å². The predicted molar refractivity (Wildman–Crippen MR) is 98.8 cm³/mol. The maximum absolute atomic E-state index is 12.2. The van der Waals surface area contributed by atoms with Crippen molar-refractivity contribution < 1.29 is 34.0 Å². The highest BCUT2D eigenvalue weighted by Gasteiger charge is 2.15. The fourth-order valence-corrected chi connectivity index (χ4v) is 2.38. The Bertz CT molecular complexity index is 865.